The Morgan fingerprint density at radius 3 is 2.80 bits per heavy atom. The molecule has 20 heavy (non-hydrogen) atoms. The fraction of sp³-hybridized carbons (Fsp3) is 0.462. The second kappa shape index (κ2) is 5.87. The molecule has 2 rings (SSSR count). The molecule has 1 aromatic rings. The molecule has 1 atom stereocenters. The third kappa shape index (κ3) is 3.05. The lowest BCUT2D eigenvalue weighted by molar-refractivity contribution is -0.384. The largest absolute Gasteiger partial charge is 0.383 e. The van der Waals surface area contributed by atoms with Crippen LogP contribution in [0.15, 0.2) is 18.2 Å². The Hall–Kier alpha value is -2.15. The van der Waals surface area contributed by atoms with Crippen LogP contribution in [0.3, 0.4) is 0 Å². The van der Waals surface area contributed by atoms with E-state index in [2.05, 4.69) is 15.5 Å². The molecule has 108 valence electrons. The van der Waals surface area contributed by atoms with Gasteiger partial charge in [-0.1, -0.05) is 0 Å². The highest BCUT2D eigenvalue weighted by molar-refractivity contribution is 5.96. The predicted octanol–water partition coefficient (Wildman–Crippen LogP) is 1.07. The monoisotopic (exact) mass is 278 g/mol. The highest BCUT2D eigenvalue weighted by atomic mass is 16.6. The number of nitro benzene ring substituents is 1. The Morgan fingerprint density at radius 1 is 1.50 bits per heavy atom. The minimum atomic E-state index is -0.494. The number of carbonyl (C=O) groups excluding carboxylic acids is 1. The Morgan fingerprint density at radius 2 is 2.25 bits per heavy atom. The number of likely N-dealkylation sites (N-methyl/N-ethyl adjacent to an activating group) is 1. The first kappa shape index (κ1) is 14.3. The summed E-state index contributed by atoms with van der Waals surface area (Å²) in [6.45, 7) is 1.76. The van der Waals surface area contributed by atoms with Gasteiger partial charge in [0.25, 0.3) is 11.6 Å². The predicted molar refractivity (Wildman–Crippen MR) is 76.0 cm³/mol. The number of rotatable bonds is 4. The van der Waals surface area contributed by atoms with Gasteiger partial charge in [0.15, 0.2) is 0 Å². The van der Waals surface area contributed by atoms with Crippen LogP contribution in [0.5, 0.6) is 0 Å². The van der Waals surface area contributed by atoms with Crippen LogP contribution in [-0.4, -0.2) is 49.0 Å². The summed E-state index contributed by atoms with van der Waals surface area (Å²) >= 11 is 0. The minimum absolute atomic E-state index is 0.0938. The van der Waals surface area contributed by atoms with E-state index in [1.165, 1.54) is 6.07 Å². The first-order valence-corrected chi connectivity index (χ1v) is 6.47. The van der Waals surface area contributed by atoms with Crippen molar-refractivity contribution in [1.29, 1.82) is 0 Å². The van der Waals surface area contributed by atoms with Gasteiger partial charge in [0.1, 0.15) is 5.69 Å². The highest BCUT2D eigenvalue weighted by Crippen LogP contribution is 2.25. The molecule has 0 saturated carbocycles. The molecule has 1 heterocycles. The molecule has 1 aliphatic rings. The fourth-order valence-corrected chi connectivity index (χ4v) is 2.36. The molecule has 1 aromatic carbocycles. The summed E-state index contributed by atoms with van der Waals surface area (Å²) in [6.07, 6.45) is 0.902. The molecule has 1 aliphatic heterocycles. The van der Waals surface area contributed by atoms with Crippen LogP contribution >= 0.6 is 0 Å². The molecular formula is C13H18N4O3. The molecule has 0 aliphatic carbocycles. The van der Waals surface area contributed by atoms with Crippen LogP contribution in [0, 0.1) is 10.1 Å². The summed E-state index contributed by atoms with van der Waals surface area (Å²) in [6, 6.07) is 4.55. The van der Waals surface area contributed by atoms with Gasteiger partial charge in [0.2, 0.25) is 0 Å². The number of nitrogens with zero attached hydrogens (tertiary/aromatic N) is 2. The van der Waals surface area contributed by atoms with Gasteiger partial charge in [-0.15, -0.1) is 0 Å². The van der Waals surface area contributed by atoms with E-state index in [0.29, 0.717) is 11.3 Å². The maximum atomic E-state index is 12.1. The summed E-state index contributed by atoms with van der Waals surface area (Å²) in [5.41, 5.74) is 0.612. The van der Waals surface area contributed by atoms with E-state index in [1.54, 1.807) is 19.2 Å². The zero-order chi connectivity index (χ0) is 14.7. The molecule has 1 unspecified atom stereocenters. The van der Waals surface area contributed by atoms with Gasteiger partial charge in [-0.3, -0.25) is 14.9 Å². The average molecular weight is 278 g/mol. The van der Waals surface area contributed by atoms with E-state index in [9.17, 15) is 14.9 Å². The molecule has 1 amide bonds. The van der Waals surface area contributed by atoms with E-state index in [-0.39, 0.29) is 17.6 Å². The first-order valence-electron chi connectivity index (χ1n) is 6.47. The van der Waals surface area contributed by atoms with Crippen molar-refractivity contribution in [3.8, 4) is 0 Å². The average Bonchev–Trinajstić information content (AvgIpc) is 2.83. The van der Waals surface area contributed by atoms with Crippen molar-refractivity contribution in [2.75, 3.05) is 32.5 Å². The number of nitrogens with one attached hydrogen (secondary N) is 2. The first-order chi connectivity index (χ1) is 9.51. The van der Waals surface area contributed by atoms with Crippen LogP contribution in [0.4, 0.5) is 11.4 Å². The number of likely N-dealkylation sites (tertiary alicyclic amines) is 1. The maximum Gasteiger partial charge on any atom is 0.293 e. The standard InChI is InChI=1S/C13H18N4O3/c1-14-11-4-3-9(7-12(11)17(19)20)13(18)15-10-5-6-16(2)8-10/h3-4,7,10,14H,5-6,8H2,1-2H3,(H,15,18). The smallest absolute Gasteiger partial charge is 0.293 e. The van der Waals surface area contributed by atoms with Crippen molar-refractivity contribution in [2.24, 2.45) is 0 Å². The zero-order valence-electron chi connectivity index (χ0n) is 11.5. The van der Waals surface area contributed by atoms with Crippen LogP contribution < -0.4 is 10.6 Å². The maximum absolute atomic E-state index is 12.1. The second-order valence-electron chi connectivity index (χ2n) is 4.96. The normalized spacial score (nSPS) is 18.8. The number of benzene rings is 1. The molecular weight excluding hydrogens is 260 g/mol. The number of hydrogen-bond acceptors (Lipinski definition) is 5. The summed E-state index contributed by atoms with van der Waals surface area (Å²) in [5.74, 6) is -0.268. The van der Waals surface area contributed by atoms with Crippen molar-refractivity contribution in [3.05, 3.63) is 33.9 Å². The van der Waals surface area contributed by atoms with E-state index in [1.807, 2.05) is 7.05 Å². The number of nitro groups is 1. The van der Waals surface area contributed by atoms with Gasteiger partial charge in [-0.25, -0.2) is 0 Å². The molecule has 7 nitrogen and oxygen atoms in total. The van der Waals surface area contributed by atoms with Crippen molar-refractivity contribution >= 4 is 17.3 Å². The van der Waals surface area contributed by atoms with Gasteiger partial charge in [0, 0.05) is 31.3 Å². The fourth-order valence-electron chi connectivity index (χ4n) is 2.36. The van der Waals surface area contributed by atoms with Crippen molar-refractivity contribution in [2.45, 2.75) is 12.5 Å². The molecule has 1 fully saturated rings. The molecule has 2 N–H and O–H groups in total. The highest BCUT2D eigenvalue weighted by Gasteiger charge is 2.23. The molecule has 0 radical (unpaired) electrons. The lowest BCUT2D eigenvalue weighted by Crippen LogP contribution is -2.36. The van der Waals surface area contributed by atoms with Gasteiger partial charge in [-0.2, -0.15) is 0 Å². The third-order valence-electron chi connectivity index (χ3n) is 3.45. The summed E-state index contributed by atoms with van der Waals surface area (Å²) < 4.78 is 0. The van der Waals surface area contributed by atoms with Gasteiger partial charge in [-0.05, 0) is 32.1 Å². The SMILES string of the molecule is CNc1ccc(C(=O)NC2CCN(C)C2)cc1[N+](=O)[O-]. The third-order valence-corrected chi connectivity index (χ3v) is 3.45. The molecule has 7 heteroatoms. The number of carbonyl (C=O) groups is 1. The number of anilines is 1. The minimum Gasteiger partial charge on any atom is -0.383 e. The van der Waals surface area contributed by atoms with Crippen LogP contribution in [0.25, 0.3) is 0 Å². The zero-order valence-corrected chi connectivity index (χ0v) is 11.5. The van der Waals surface area contributed by atoms with E-state index >= 15 is 0 Å². The second-order valence-corrected chi connectivity index (χ2v) is 4.96. The van der Waals surface area contributed by atoms with Gasteiger partial charge >= 0.3 is 0 Å². The molecule has 0 spiro atoms. The lowest BCUT2D eigenvalue weighted by Gasteiger charge is -2.13. The van der Waals surface area contributed by atoms with Crippen LogP contribution in [0.2, 0.25) is 0 Å². The quantitative estimate of drug-likeness (QED) is 0.635. The molecule has 1 saturated heterocycles. The van der Waals surface area contributed by atoms with Crippen LogP contribution in [-0.2, 0) is 0 Å². The number of hydrogen-bond donors (Lipinski definition) is 2. The van der Waals surface area contributed by atoms with Crippen molar-refractivity contribution in [1.82, 2.24) is 10.2 Å². The van der Waals surface area contributed by atoms with E-state index in [4.69, 9.17) is 0 Å². The Kier molecular flexibility index (Phi) is 4.19. The Bertz CT molecular complexity index is 532. The Labute approximate surface area is 117 Å². The summed E-state index contributed by atoms with van der Waals surface area (Å²) in [5, 5.41) is 16.6. The number of amides is 1. The molecule has 0 bridgehead atoms. The topological polar surface area (TPSA) is 87.5 Å². The van der Waals surface area contributed by atoms with Crippen LogP contribution in [0.1, 0.15) is 16.8 Å². The lowest BCUT2D eigenvalue weighted by atomic mass is 10.1. The van der Waals surface area contributed by atoms with Crippen molar-refractivity contribution < 1.29 is 9.72 Å². The molecule has 0 aromatic heterocycles. The van der Waals surface area contributed by atoms with Gasteiger partial charge < -0.3 is 15.5 Å². The van der Waals surface area contributed by atoms with E-state index < -0.39 is 4.92 Å². The summed E-state index contributed by atoms with van der Waals surface area (Å²) in [4.78, 5) is 24.7. The Balaban J connectivity index is 2.14. The summed E-state index contributed by atoms with van der Waals surface area (Å²) in [7, 11) is 3.61. The van der Waals surface area contributed by atoms with Crippen molar-refractivity contribution in [3.63, 3.8) is 0 Å². The van der Waals surface area contributed by atoms with Gasteiger partial charge in [0.05, 0.1) is 4.92 Å². The van der Waals surface area contributed by atoms with E-state index in [0.717, 1.165) is 19.5 Å².